The molecule has 2 heterocycles. The van der Waals surface area contributed by atoms with Gasteiger partial charge in [0.15, 0.2) is 0 Å². The van der Waals surface area contributed by atoms with E-state index in [1.165, 1.54) is 0 Å². The molecular weight excluding hydrogens is 250 g/mol. The fraction of sp³-hybridized carbons (Fsp3) is 1.00. The first-order valence-electron chi connectivity index (χ1n) is 7.32. The second-order valence-electron chi connectivity index (χ2n) is 6.23. The van der Waals surface area contributed by atoms with Crippen molar-refractivity contribution in [1.29, 1.82) is 0 Å². The summed E-state index contributed by atoms with van der Waals surface area (Å²) in [6, 6.07) is -0.00109. The molecule has 0 aromatic rings. The SMILES string of the molecule is [NH-][NH+](O[NH+]([O-])C1CCC2OC2C1)C1CCC2OC2C1. The van der Waals surface area contributed by atoms with E-state index in [1.54, 1.807) is 0 Å². The standard InChI is InChI=1S/C12H21N3O4/c13-14(7-1-3-9-11(5-7)17-9)19-15(16)8-2-4-10-12(6-8)18-10/h7-15H,1-6H2. The lowest BCUT2D eigenvalue weighted by Crippen LogP contribution is -3.28. The van der Waals surface area contributed by atoms with Crippen molar-refractivity contribution in [2.75, 3.05) is 0 Å². The van der Waals surface area contributed by atoms with Crippen molar-refractivity contribution in [3.63, 3.8) is 0 Å². The third kappa shape index (κ3) is 2.52. The van der Waals surface area contributed by atoms with E-state index in [-0.39, 0.29) is 28.6 Å². The Kier molecular flexibility index (Phi) is 3.03. The summed E-state index contributed by atoms with van der Waals surface area (Å²) in [6.45, 7) is 0. The molecule has 0 spiro atoms. The summed E-state index contributed by atoms with van der Waals surface area (Å²) in [7, 11) is 0. The van der Waals surface area contributed by atoms with Crippen LogP contribution in [0.4, 0.5) is 0 Å². The summed E-state index contributed by atoms with van der Waals surface area (Å²) in [5.74, 6) is 7.97. The molecule has 2 saturated carbocycles. The third-order valence-electron chi connectivity index (χ3n) is 4.92. The van der Waals surface area contributed by atoms with E-state index in [2.05, 4.69) is 0 Å². The third-order valence-corrected chi connectivity index (χ3v) is 4.92. The van der Waals surface area contributed by atoms with Crippen molar-refractivity contribution >= 4 is 0 Å². The van der Waals surface area contributed by atoms with Crippen LogP contribution in [-0.2, 0) is 14.4 Å². The van der Waals surface area contributed by atoms with E-state index in [0.717, 1.165) is 38.5 Å². The Labute approximate surface area is 112 Å². The van der Waals surface area contributed by atoms with E-state index in [4.69, 9.17) is 20.3 Å². The maximum absolute atomic E-state index is 12.1. The monoisotopic (exact) mass is 271 g/mol. The molecule has 2 aliphatic heterocycles. The smallest absolute Gasteiger partial charge is 0.125 e. The molecule has 2 saturated heterocycles. The minimum atomic E-state index is -0.224. The number of quaternary nitrogens is 2. The molecule has 108 valence electrons. The minimum absolute atomic E-state index is 0.0706. The van der Waals surface area contributed by atoms with Crippen LogP contribution >= 0.6 is 0 Å². The van der Waals surface area contributed by atoms with Gasteiger partial charge in [-0.05, 0) is 17.8 Å². The Morgan fingerprint density at radius 1 is 0.895 bits per heavy atom. The predicted octanol–water partition coefficient (Wildman–Crippen LogP) is -1.29. The van der Waals surface area contributed by atoms with Gasteiger partial charge in [0.25, 0.3) is 0 Å². The lowest BCUT2D eigenvalue weighted by molar-refractivity contribution is -1.33. The van der Waals surface area contributed by atoms with Crippen molar-refractivity contribution in [1.82, 2.24) is 0 Å². The molecule has 19 heavy (non-hydrogen) atoms. The number of rotatable bonds is 4. The van der Waals surface area contributed by atoms with Crippen molar-refractivity contribution < 1.29 is 24.8 Å². The first-order chi connectivity index (χ1) is 9.20. The summed E-state index contributed by atoms with van der Waals surface area (Å²) in [5.41, 5.74) is 0. The number of hydroxylamine groups is 3. The highest BCUT2D eigenvalue weighted by molar-refractivity contribution is 4.92. The molecule has 4 aliphatic rings. The number of fused-ring (bicyclic) bond motifs is 2. The largest absolute Gasteiger partial charge is 0.595 e. The normalized spacial score (nSPS) is 50.8. The minimum Gasteiger partial charge on any atom is -0.595 e. The van der Waals surface area contributed by atoms with Crippen LogP contribution in [-0.4, -0.2) is 36.5 Å². The maximum Gasteiger partial charge on any atom is 0.125 e. The van der Waals surface area contributed by atoms with Crippen LogP contribution in [0.5, 0.6) is 0 Å². The molecule has 4 rings (SSSR count). The Balaban J connectivity index is 1.27. The summed E-state index contributed by atoms with van der Waals surface area (Å²) in [6.07, 6.45) is 6.72. The van der Waals surface area contributed by atoms with E-state index in [0.29, 0.717) is 18.3 Å². The molecule has 4 fully saturated rings. The van der Waals surface area contributed by atoms with Gasteiger partial charge in [0.2, 0.25) is 0 Å². The van der Waals surface area contributed by atoms with Gasteiger partial charge in [-0.25, -0.2) is 5.17 Å². The zero-order valence-electron chi connectivity index (χ0n) is 10.8. The highest BCUT2D eigenvalue weighted by Gasteiger charge is 2.48. The van der Waals surface area contributed by atoms with E-state index >= 15 is 0 Å². The predicted molar refractivity (Wildman–Crippen MR) is 63.3 cm³/mol. The molecule has 0 radical (unpaired) electrons. The van der Waals surface area contributed by atoms with Crippen LogP contribution in [0.1, 0.15) is 38.5 Å². The zero-order chi connectivity index (χ0) is 13.0. The van der Waals surface area contributed by atoms with Crippen LogP contribution in [0.3, 0.4) is 0 Å². The Bertz CT molecular complexity index is 326. The van der Waals surface area contributed by atoms with Crippen molar-refractivity contribution in [2.45, 2.75) is 75.0 Å². The van der Waals surface area contributed by atoms with Gasteiger partial charge >= 0.3 is 0 Å². The van der Waals surface area contributed by atoms with Gasteiger partial charge in [0, 0.05) is 25.7 Å². The van der Waals surface area contributed by atoms with Gasteiger partial charge in [0.1, 0.15) is 12.1 Å². The molecule has 2 aliphatic carbocycles. The topological polar surface area (TPSA) is 90.0 Å². The van der Waals surface area contributed by atoms with Gasteiger partial charge < -0.3 is 20.5 Å². The van der Waals surface area contributed by atoms with Crippen molar-refractivity contribution in [3.8, 4) is 0 Å². The molecule has 0 amide bonds. The average molecular weight is 271 g/mol. The van der Waals surface area contributed by atoms with Crippen molar-refractivity contribution in [2.24, 2.45) is 0 Å². The van der Waals surface area contributed by atoms with Gasteiger partial charge in [-0.15, -0.1) is 0 Å². The highest BCUT2D eigenvalue weighted by atomic mass is 17.0. The first kappa shape index (κ1) is 12.5. The maximum atomic E-state index is 12.1. The fourth-order valence-electron chi connectivity index (χ4n) is 3.54. The van der Waals surface area contributed by atoms with Gasteiger partial charge in [-0.3, -0.25) is 0 Å². The van der Waals surface area contributed by atoms with Crippen LogP contribution in [0.15, 0.2) is 0 Å². The van der Waals surface area contributed by atoms with Gasteiger partial charge in [-0.1, -0.05) is 0 Å². The molecule has 8 unspecified atom stereocenters. The van der Waals surface area contributed by atoms with E-state index in [9.17, 15) is 5.21 Å². The quantitative estimate of drug-likeness (QED) is 0.491. The summed E-state index contributed by atoms with van der Waals surface area (Å²) >= 11 is 0. The second-order valence-corrected chi connectivity index (χ2v) is 6.23. The molecular formula is C12H21N3O4. The van der Waals surface area contributed by atoms with Crippen LogP contribution in [0, 0.1) is 5.21 Å². The van der Waals surface area contributed by atoms with E-state index < -0.39 is 0 Å². The summed E-state index contributed by atoms with van der Waals surface area (Å²) in [5, 5.41) is 12.0. The molecule has 7 nitrogen and oxygen atoms in total. The Morgan fingerprint density at radius 3 is 2.11 bits per heavy atom. The molecule has 0 aromatic carbocycles. The molecule has 8 atom stereocenters. The van der Waals surface area contributed by atoms with E-state index in [1.807, 2.05) is 0 Å². The number of hydrogen-bond donors (Lipinski definition) is 2. The highest BCUT2D eigenvalue weighted by Crippen LogP contribution is 2.36. The lowest BCUT2D eigenvalue weighted by Gasteiger charge is -2.35. The lowest BCUT2D eigenvalue weighted by atomic mass is 9.96. The Hall–Kier alpha value is -0.280. The van der Waals surface area contributed by atoms with Crippen molar-refractivity contribution in [3.05, 3.63) is 11.0 Å². The van der Waals surface area contributed by atoms with Crippen LogP contribution < -0.4 is 10.4 Å². The number of epoxide rings is 2. The zero-order valence-corrected chi connectivity index (χ0v) is 10.8. The number of ether oxygens (including phenoxy) is 2. The Morgan fingerprint density at radius 2 is 1.47 bits per heavy atom. The molecule has 7 heteroatoms. The van der Waals surface area contributed by atoms with Gasteiger partial charge in [0.05, 0.1) is 24.4 Å². The number of hydrogen-bond acceptors (Lipinski definition) is 4. The summed E-state index contributed by atoms with van der Waals surface area (Å²) < 4.78 is 10.9. The average Bonchev–Trinajstić information content (AvgIpc) is 3.30. The summed E-state index contributed by atoms with van der Waals surface area (Å²) in [4.78, 5) is 5.30. The first-order valence-corrected chi connectivity index (χ1v) is 7.32. The fourth-order valence-corrected chi connectivity index (χ4v) is 3.54. The number of nitrogens with one attached hydrogen (secondary N) is 3. The molecule has 0 aromatic heterocycles. The molecule has 3 N–H and O–H groups in total. The van der Waals surface area contributed by atoms with Crippen LogP contribution in [0.2, 0.25) is 0 Å². The second kappa shape index (κ2) is 4.63. The van der Waals surface area contributed by atoms with Crippen LogP contribution in [0.25, 0.3) is 5.84 Å². The van der Waals surface area contributed by atoms with Gasteiger partial charge in [-0.2, -0.15) is 5.23 Å². The molecule has 0 bridgehead atoms.